The molecule has 0 fully saturated rings. The van der Waals surface area contributed by atoms with Gasteiger partial charge in [0.2, 0.25) is 0 Å². The molecule has 4 nitrogen and oxygen atoms in total. The zero-order valence-corrected chi connectivity index (χ0v) is 12.6. The highest BCUT2D eigenvalue weighted by Crippen LogP contribution is 2.21. The van der Waals surface area contributed by atoms with Crippen LogP contribution in [0.2, 0.25) is 10.0 Å². The van der Waals surface area contributed by atoms with Crippen LogP contribution in [-0.2, 0) is 6.42 Å². The quantitative estimate of drug-likeness (QED) is 0.790. The smallest absolute Gasteiger partial charge is 0.180 e. The molecule has 2 heterocycles. The van der Waals surface area contributed by atoms with Gasteiger partial charge in [0.1, 0.15) is 11.3 Å². The standard InChI is InChI=1S/C15H12Cl2N4/c16-11-2-1-10(12(17)9-11)5-6-19-14-4-3-13-15(21-14)20-8-7-18-13/h1-4,7-9H,5-6H2,(H,19,20,21). The largest absolute Gasteiger partial charge is 0.370 e. The number of anilines is 1. The predicted molar refractivity (Wildman–Crippen MR) is 86.0 cm³/mol. The van der Waals surface area contributed by atoms with E-state index in [-0.39, 0.29) is 0 Å². The third-order valence-electron chi connectivity index (χ3n) is 3.05. The molecule has 0 unspecified atom stereocenters. The Bertz CT molecular complexity index is 776. The van der Waals surface area contributed by atoms with Gasteiger partial charge in [0, 0.05) is 29.0 Å². The SMILES string of the molecule is Clc1ccc(CCNc2ccc3nccnc3n2)c(Cl)c1. The highest BCUT2D eigenvalue weighted by Gasteiger charge is 2.03. The van der Waals surface area contributed by atoms with Gasteiger partial charge in [-0.2, -0.15) is 0 Å². The molecule has 0 saturated carbocycles. The van der Waals surface area contributed by atoms with Crippen molar-refractivity contribution in [3.05, 3.63) is 58.3 Å². The zero-order valence-electron chi connectivity index (χ0n) is 11.1. The molecule has 2 aromatic heterocycles. The summed E-state index contributed by atoms with van der Waals surface area (Å²) in [6.07, 6.45) is 4.07. The fourth-order valence-corrected chi connectivity index (χ4v) is 2.51. The van der Waals surface area contributed by atoms with Crippen LogP contribution in [0.3, 0.4) is 0 Å². The number of pyridine rings is 1. The van der Waals surface area contributed by atoms with Crippen molar-refractivity contribution in [2.24, 2.45) is 0 Å². The predicted octanol–water partition coefficient (Wildman–Crippen LogP) is 3.99. The Kier molecular flexibility index (Phi) is 4.18. The summed E-state index contributed by atoms with van der Waals surface area (Å²) in [4.78, 5) is 12.8. The third kappa shape index (κ3) is 3.40. The van der Waals surface area contributed by atoms with Crippen LogP contribution in [0.15, 0.2) is 42.7 Å². The van der Waals surface area contributed by atoms with Crippen LogP contribution in [0.5, 0.6) is 0 Å². The number of hydrogen-bond donors (Lipinski definition) is 1. The Morgan fingerprint density at radius 1 is 1.00 bits per heavy atom. The van der Waals surface area contributed by atoms with E-state index in [4.69, 9.17) is 23.2 Å². The maximum absolute atomic E-state index is 6.14. The van der Waals surface area contributed by atoms with Gasteiger partial charge < -0.3 is 5.32 Å². The summed E-state index contributed by atoms with van der Waals surface area (Å²) in [5.74, 6) is 0.771. The van der Waals surface area contributed by atoms with Gasteiger partial charge in [-0.05, 0) is 36.2 Å². The number of aromatic nitrogens is 3. The fourth-order valence-electron chi connectivity index (χ4n) is 2.00. The number of rotatable bonds is 4. The van der Waals surface area contributed by atoms with Crippen molar-refractivity contribution in [3.63, 3.8) is 0 Å². The van der Waals surface area contributed by atoms with Gasteiger partial charge in [-0.15, -0.1) is 0 Å². The van der Waals surface area contributed by atoms with E-state index >= 15 is 0 Å². The highest BCUT2D eigenvalue weighted by atomic mass is 35.5. The van der Waals surface area contributed by atoms with Crippen LogP contribution in [0.1, 0.15) is 5.56 Å². The second kappa shape index (κ2) is 6.24. The van der Waals surface area contributed by atoms with Crippen molar-refractivity contribution in [1.82, 2.24) is 15.0 Å². The zero-order chi connectivity index (χ0) is 14.7. The molecule has 1 N–H and O–H groups in total. The molecule has 0 spiro atoms. The molecular formula is C15H12Cl2N4. The van der Waals surface area contributed by atoms with Gasteiger partial charge in [-0.25, -0.2) is 9.97 Å². The molecule has 6 heteroatoms. The van der Waals surface area contributed by atoms with Crippen LogP contribution >= 0.6 is 23.2 Å². The normalized spacial score (nSPS) is 10.8. The first-order chi connectivity index (χ1) is 10.2. The fraction of sp³-hybridized carbons (Fsp3) is 0.133. The van der Waals surface area contributed by atoms with E-state index < -0.39 is 0 Å². The van der Waals surface area contributed by atoms with E-state index in [0.717, 1.165) is 29.9 Å². The second-order valence-corrected chi connectivity index (χ2v) is 5.35. The summed E-state index contributed by atoms with van der Waals surface area (Å²) in [6, 6.07) is 9.31. The van der Waals surface area contributed by atoms with E-state index in [1.165, 1.54) is 0 Å². The summed E-state index contributed by atoms with van der Waals surface area (Å²) in [7, 11) is 0. The Morgan fingerprint density at radius 2 is 1.86 bits per heavy atom. The first-order valence-corrected chi connectivity index (χ1v) is 7.23. The van der Waals surface area contributed by atoms with Crippen LogP contribution in [0.4, 0.5) is 5.82 Å². The molecule has 0 aliphatic carbocycles. The van der Waals surface area contributed by atoms with Crippen LogP contribution in [-0.4, -0.2) is 21.5 Å². The lowest BCUT2D eigenvalue weighted by Crippen LogP contribution is -2.07. The second-order valence-electron chi connectivity index (χ2n) is 4.51. The topological polar surface area (TPSA) is 50.7 Å². The number of fused-ring (bicyclic) bond motifs is 1. The molecule has 0 saturated heterocycles. The number of halogens is 2. The summed E-state index contributed by atoms with van der Waals surface area (Å²) < 4.78 is 0. The van der Waals surface area contributed by atoms with Crippen LogP contribution < -0.4 is 5.32 Å². The van der Waals surface area contributed by atoms with Crippen molar-refractivity contribution in [2.75, 3.05) is 11.9 Å². The van der Waals surface area contributed by atoms with Crippen LogP contribution in [0.25, 0.3) is 11.2 Å². The minimum Gasteiger partial charge on any atom is -0.370 e. The molecule has 0 aliphatic heterocycles. The first-order valence-electron chi connectivity index (χ1n) is 6.48. The minimum absolute atomic E-state index is 0.632. The Morgan fingerprint density at radius 3 is 2.71 bits per heavy atom. The molecule has 1 aromatic carbocycles. The lowest BCUT2D eigenvalue weighted by Gasteiger charge is -2.07. The molecular weight excluding hydrogens is 307 g/mol. The third-order valence-corrected chi connectivity index (χ3v) is 3.63. The summed E-state index contributed by atoms with van der Waals surface area (Å²) in [5.41, 5.74) is 2.46. The summed E-state index contributed by atoms with van der Waals surface area (Å²) in [5, 5.41) is 4.58. The van der Waals surface area contributed by atoms with E-state index in [9.17, 15) is 0 Å². The lowest BCUT2D eigenvalue weighted by molar-refractivity contribution is 1.01. The molecule has 0 bridgehead atoms. The maximum atomic E-state index is 6.14. The van der Waals surface area contributed by atoms with Crippen molar-refractivity contribution in [1.29, 1.82) is 0 Å². The van der Waals surface area contributed by atoms with Gasteiger partial charge in [0.25, 0.3) is 0 Å². The van der Waals surface area contributed by atoms with Gasteiger partial charge in [-0.3, -0.25) is 4.98 Å². The molecule has 0 aliphatic rings. The van der Waals surface area contributed by atoms with Crippen molar-refractivity contribution < 1.29 is 0 Å². The van der Waals surface area contributed by atoms with Crippen molar-refractivity contribution in [3.8, 4) is 0 Å². The Hall–Kier alpha value is -1.91. The Labute approximate surface area is 132 Å². The summed E-state index contributed by atoms with van der Waals surface area (Å²) in [6.45, 7) is 0.722. The number of nitrogens with zero attached hydrogens (tertiary/aromatic N) is 3. The average Bonchev–Trinajstić information content (AvgIpc) is 2.49. The van der Waals surface area contributed by atoms with E-state index in [0.29, 0.717) is 15.7 Å². The van der Waals surface area contributed by atoms with Gasteiger partial charge in [0.15, 0.2) is 5.65 Å². The average molecular weight is 319 g/mol. The number of hydrogen-bond acceptors (Lipinski definition) is 4. The van der Waals surface area contributed by atoms with Gasteiger partial charge >= 0.3 is 0 Å². The van der Waals surface area contributed by atoms with E-state index in [1.807, 2.05) is 24.3 Å². The minimum atomic E-state index is 0.632. The van der Waals surface area contributed by atoms with Gasteiger partial charge in [0.05, 0.1) is 0 Å². The molecule has 0 radical (unpaired) electrons. The number of nitrogens with one attached hydrogen (secondary N) is 1. The monoisotopic (exact) mass is 318 g/mol. The van der Waals surface area contributed by atoms with Crippen LogP contribution in [0, 0.1) is 0 Å². The molecule has 21 heavy (non-hydrogen) atoms. The molecule has 0 amide bonds. The lowest BCUT2D eigenvalue weighted by atomic mass is 10.1. The highest BCUT2D eigenvalue weighted by molar-refractivity contribution is 6.35. The summed E-state index contributed by atoms with van der Waals surface area (Å²) >= 11 is 12.0. The molecule has 3 aromatic rings. The van der Waals surface area contributed by atoms with E-state index in [1.54, 1.807) is 18.5 Å². The molecule has 3 rings (SSSR count). The van der Waals surface area contributed by atoms with Crippen molar-refractivity contribution >= 4 is 40.2 Å². The maximum Gasteiger partial charge on any atom is 0.180 e. The van der Waals surface area contributed by atoms with E-state index in [2.05, 4.69) is 20.3 Å². The Balaban J connectivity index is 1.66. The van der Waals surface area contributed by atoms with Crippen molar-refractivity contribution in [2.45, 2.75) is 6.42 Å². The van der Waals surface area contributed by atoms with Gasteiger partial charge in [-0.1, -0.05) is 29.3 Å². The first kappa shape index (κ1) is 14.0. The molecule has 0 atom stereocenters. The molecule has 106 valence electrons. The number of benzene rings is 1.